The summed E-state index contributed by atoms with van der Waals surface area (Å²) in [5.74, 6) is 0.856. The van der Waals surface area contributed by atoms with Gasteiger partial charge in [0.1, 0.15) is 17.2 Å². The maximum absolute atomic E-state index is 12.6. The maximum Gasteiger partial charge on any atom is 0.416 e. The molecule has 2 aromatic carbocycles. The summed E-state index contributed by atoms with van der Waals surface area (Å²) in [7, 11) is 1.48. The summed E-state index contributed by atoms with van der Waals surface area (Å²) in [6.07, 6.45) is -3.64. The van der Waals surface area contributed by atoms with Crippen LogP contribution in [0.5, 0.6) is 17.2 Å². The Kier molecular flexibility index (Phi) is 5.55. The van der Waals surface area contributed by atoms with E-state index in [-0.39, 0.29) is 17.6 Å². The molecule has 1 heterocycles. The van der Waals surface area contributed by atoms with E-state index in [2.05, 4.69) is 10.6 Å². The zero-order valence-corrected chi connectivity index (χ0v) is 14.6. The molecule has 3 rings (SSSR count). The van der Waals surface area contributed by atoms with E-state index in [0.717, 1.165) is 25.1 Å². The van der Waals surface area contributed by atoms with Gasteiger partial charge in [-0.1, -0.05) is 0 Å². The number of hydrogen-bond donors (Lipinski definition) is 2. The highest BCUT2D eigenvalue weighted by Crippen LogP contribution is 2.34. The predicted octanol–water partition coefficient (Wildman–Crippen LogP) is 4.05. The van der Waals surface area contributed by atoms with Crippen molar-refractivity contribution in [3.8, 4) is 17.2 Å². The van der Waals surface area contributed by atoms with Crippen LogP contribution in [0.4, 0.5) is 18.9 Å². The van der Waals surface area contributed by atoms with Crippen LogP contribution in [0.3, 0.4) is 0 Å². The van der Waals surface area contributed by atoms with Crippen molar-refractivity contribution in [3.05, 3.63) is 48.0 Å². The van der Waals surface area contributed by atoms with E-state index < -0.39 is 11.7 Å². The Morgan fingerprint density at radius 1 is 1.15 bits per heavy atom. The Morgan fingerprint density at radius 2 is 1.85 bits per heavy atom. The van der Waals surface area contributed by atoms with Crippen molar-refractivity contribution in [1.29, 1.82) is 0 Å². The minimum Gasteiger partial charge on any atom is -0.495 e. The van der Waals surface area contributed by atoms with Gasteiger partial charge in [-0.3, -0.25) is 4.79 Å². The fourth-order valence-corrected chi connectivity index (χ4v) is 2.81. The molecular formula is C19H19F3N2O3. The van der Waals surface area contributed by atoms with Crippen molar-refractivity contribution < 1.29 is 27.4 Å². The summed E-state index contributed by atoms with van der Waals surface area (Å²) in [6.45, 7) is 1.42. The molecule has 1 aliphatic heterocycles. The highest BCUT2D eigenvalue weighted by molar-refractivity contribution is 5.94. The van der Waals surface area contributed by atoms with Gasteiger partial charge in [0.05, 0.1) is 24.3 Å². The van der Waals surface area contributed by atoms with Crippen molar-refractivity contribution in [1.82, 2.24) is 5.32 Å². The van der Waals surface area contributed by atoms with Crippen LogP contribution in [0.25, 0.3) is 0 Å². The maximum atomic E-state index is 12.6. The third-order valence-corrected chi connectivity index (χ3v) is 4.28. The molecule has 5 nitrogen and oxygen atoms in total. The lowest BCUT2D eigenvalue weighted by atomic mass is 10.1. The summed E-state index contributed by atoms with van der Waals surface area (Å²) >= 11 is 0. The number of anilines is 1. The number of hydrogen-bond acceptors (Lipinski definition) is 4. The zero-order valence-electron chi connectivity index (χ0n) is 14.6. The van der Waals surface area contributed by atoms with Crippen LogP contribution in [0, 0.1) is 5.92 Å². The summed E-state index contributed by atoms with van der Waals surface area (Å²) < 4.78 is 48.8. The van der Waals surface area contributed by atoms with Gasteiger partial charge in [0.25, 0.3) is 0 Å². The second-order valence-electron chi connectivity index (χ2n) is 6.17. The molecule has 144 valence electrons. The number of carbonyl (C=O) groups is 1. The minimum atomic E-state index is -4.40. The Hall–Kier alpha value is -2.74. The van der Waals surface area contributed by atoms with E-state index in [0.29, 0.717) is 23.7 Å². The van der Waals surface area contributed by atoms with Crippen molar-refractivity contribution in [2.24, 2.45) is 5.92 Å². The van der Waals surface area contributed by atoms with Gasteiger partial charge < -0.3 is 20.1 Å². The van der Waals surface area contributed by atoms with Crippen LogP contribution in [0.15, 0.2) is 42.5 Å². The minimum absolute atomic E-state index is 0.116. The monoisotopic (exact) mass is 380 g/mol. The average Bonchev–Trinajstić information content (AvgIpc) is 3.16. The number of methoxy groups -OCH3 is 1. The Bertz CT molecular complexity index is 801. The molecule has 0 aliphatic carbocycles. The SMILES string of the molecule is COc1ccc(Oc2ccc(C(F)(F)F)cc2)cc1NC(=O)C1CCNC1. The Morgan fingerprint density at radius 3 is 2.44 bits per heavy atom. The van der Waals surface area contributed by atoms with Gasteiger partial charge in [-0.15, -0.1) is 0 Å². The molecule has 1 atom stereocenters. The quantitative estimate of drug-likeness (QED) is 0.822. The summed E-state index contributed by atoms with van der Waals surface area (Å²) in [5, 5.41) is 5.96. The number of nitrogens with one attached hydrogen (secondary N) is 2. The topological polar surface area (TPSA) is 59.6 Å². The molecule has 0 bridgehead atoms. The average molecular weight is 380 g/mol. The van der Waals surface area contributed by atoms with Crippen LogP contribution >= 0.6 is 0 Å². The molecule has 2 N–H and O–H groups in total. The van der Waals surface area contributed by atoms with Gasteiger partial charge in [0.2, 0.25) is 5.91 Å². The van der Waals surface area contributed by atoms with Gasteiger partial charge >= 0.3 is 6.18 Å². The summed E-state index contributed by atoms with van der Waals surface area (Å²) in [4.78, 5) is 12.3. The molecule has 1 unspecified atom stereocenters. The lowest BCUT2D eigenvalue weighted by Gasteiger charge is -2.15. The van der Waals surface area contributed by atoms with Gasteiger partial charge in [-0.25, -0.2) is 0 Å². The summed E-state index contributed by atoms with van der Waals surface area (Å²) in [5.41, 5.74) is -0.304. The van der Waals surface area contributed by atoms with Crippen LogP contribution < -0.4 is 20.1 Å². The first-order chi connectivity index (χ1) is 12.9. The largest absolute Gasteiger partial charge is 0.495 e. The number of amides is 1. The van der Waals surface area contributed by atoms with Crippen molar-refractivity contribution in [2.45, 2.75) is 12.6 Å². The van der Waals surface area contributed by atoms with E-state index >= 15 is 0 Å². The predicted molar refractivity (Wildman–Crippen MR) is 94.1 cm³/mol. The molecule has 0 spiro atoms. The number of alkyl halides is 3. The molecule has 1 aliphatic rings. The molecule has 0 saturated carbocycles. The first kappa shape index (κ1) is 19.0. The van der Waals surface area contributed by atoms with Crippen LogP contribution in [0.2, 0.25) is 0 Å². The molecule has 8 heteroatoms. The Balaban J connectivity index is 1.75. The molecule has 1 fully saturated rings. The smallest absolute Gasteiger partial charge is 0.416 e. The molecule has 1 amide bonds. The van der Waals surface area contributed by atoms with Gasteiger partial charge in [0.15, 0.2) is 0 Å². The molecule has 27 heavy (non-hydrogen) atoms. The second-order valence-corrected chi connectivity index (χ2v) is 6.17. The normalized spacial score (nSPS) is 16.8. The molecular weight excluding hydrogens is 361 g/mol. The third-order valence-electron chi connectivity index (χ3n) is 4.28. The highest BCUT2D eigenvalue weighted by Gasteiger charge is 2.30. The lowest BCUT2D eigenvalue weighted by Crippen LogP contribution is -2.24. The Labute approximate surface area is 154 Å². The molecule has 2 aromatic rings. The molecule has 0 aromatic heterocycles. The standard InChI is InChI=1S/C19H19F3N2O3/c1-26-17-7-6-15(10-16(17)24-18(25)12-8-9-23-11-12)27-14-4-2-13(3-5-14)19(20,21)22/h2-7,10,12,23H,8-9,11H2,1H3,(H,24,25). The van der Waals surface area contributed by atoms with Gasteiger partial charge in [-0.2, -0.15) is 13.2 Å². The fourth-order valence-electron chi connectivity index (χ4n) is 2.81. The van der Waals surface area contributed by atoms with Crippen molar-refractivity contribution in [3.63, 3.8) is 0 Å². The summed E-state index contributed by atoms with van der Waals surface area (Å²) in [6, 6.07) is 9.22. The molecule has 1 saturated heterocycles. The fraction of sp³-hybridized carbons (Fsp3) is 0.316. The third kappa shape index (κ3) is 4.71. The number of halogens is 3. The van der Waals surface area contributed by atoms with Crippen molar-refractivity contribution >= 4 is 11.6 Å². The van der Waals surface area contributed by atoms with Crippen LogP contribution in [0.1, 0.15) is 12.0 Å². The first-order valence-corrected chi connectivity index (χ1v) is 8.41. The van der Waals surface area contributed by atoms with Crippen molar-refractivity contribution in [2.75, 3.05) is 25.5 Å². The van der Waals surface area contributed by atoms with E-state index in [4.69, 9.17) is 9.47 Å². The van der Waals surface area contributed by atoms with Crippen LogP contribution in [-0.4, -0.2) is 26.1 Å². The molecule has 0 radical (unpaired) electrons. The van der Waals surface area contributed by atoms with Crippen LogP contribution in [-0.2, 0) is 11.0 Å². The zero-order chi connectivity index (χ0) is 19.4. The second kappa shape index (κ2) is 7.87. The highest BCUT2D eigenvalue weighted by atomic mass is 19.4. The number of ether oxygens (including phenoxy) is 2. The van der Waals surface area contributed by atoms with E-state index in [9.17, 15) is 18.0 Å². The van der Waals surface area contributed by atoms with Gasteiger partial charge in [-0.05, 0) is 49.4 Å². The number of carbonyl (C=O) groups excluding carboxylic acids is 1. The van der Waals surface area contributed by atoms with E-state index in [1.165, 1.54) is 19.2 Å². The first-order valence-electron chi connectivity index (χ1n) is 8.41. The van der Waals surface area contributed by atoms with E-state index in [1.807, 2.05) is 0 Å². The number of rotatable bonds is 5. The number of benzene rings is 2. The van der Waals surface area contributed by atoms with E-state index in [1.54, 1.807) is 18.2 Å². The lowest BCUT2D eigenvalue weighted by molar-refractivity contribution is -0.137. The van der Waals surface area contributed by atoms with Gasteiger partial charge in [0, 0.05) is 12.6 Å².